The molecular weight excluding hydrogens is 328 g/mol. The number of benzene rings is 1. The van der Waals surface area contributed by atoms with Crippen LogP contribution >= 0.6 is 0 Å². The minimum absolute atomic E-state index is 0.111. The zero-order valence-corrected chi connectivity index (χ0v) is 14.5. The third kappa shape index (κ3) is 4.15. The highest BCUT2D eigenvalue weighted by molar-refractivity contribution is 5.93. The van der Waals surface area contributed by atoms with Gasteiger partial charge in [0.1, 0.15) is 5.92 Å². The van der Waals surface area contributed by atoms with Gasteiger partial charge in [-0.1, -0.05) is 17.7 Å². The van der Waals surface area contributed by atoms with E-state index in [0.717, 1.165) is 16.8 Å². The summed E-state index contributed by atoms with van der Waals surface area (Å²) in [4.78, 5) is 27.6. The molecule has 1 aromatic rings. The van der Waals surface area contributed by atoms with Crippen molar-refractivity contribution < 1.29 is 18.4 Å². The Morgan fingerprint density at radius 3 is 2.40 bits per heavy atom. The lowest BCUT2D eigenvalue weighted by Gasteiger charge is -2.34. The number of anilines is 1. The number of halogens is 2. The van der Waals surface area contributed by atoms with Gasteiger partial charge < -0.3 is 10.2 Å². The van der Waals surface area contributed by atoms with Crippen molar-refractivity contribution in [1.29, 1.82) is 0 Å². The zero-order chi connectivity index (χ0) is 18.2. The SMILES string of the molecule is Cc1ccc(NC(=O)CN2CCN(C(=O)C3CC3(F)F)CC2)c(C)c1. The summed E-state index contributed by atoms with van der Waals surface area (Å²) >= 11 is 0. The van der Waals surface area contributed by atoms with Crippen LogP contribution < -0.4 is 5.32 Å². The van der Waals surface area contributed by atoms with Crippen molar-refractivity contribution >= 4 is 17.5 Å². The van der Waals surface area contributed by atoms with Crippen LogP contribution in [0, 0.1) is 19.8 Å². The molecule has 3 rings (SSSR count). The molecular formula is C18H23F2N3O2. The number of nitrogens with one attached hydrogen (secondary N) is 1. The van der Waals surface area contributed by atoms with E-state index in [1.165, 1.54) is 4.90 Å². The van der Waals surface area contributed by atoms with Crippen LogP contribution in [0.4, 0.5) is 14.5 Å². The van der Waals surface area contributed by atoms with Gasteiger partial charge in [0, 0.05) is 38.3 Å². The van der Waals surface area contributed by atoms with Crippen LogP contribution in [0.5, 0.6) is 0 Å². The molecule has 1 aliphatic heterocycles. The largest absolute Gasteiger partial charge is 0.340 e. The van der Waals surface area contributed by atoms with E-state index in [4.69, 9.17) is 0 Å². The number of amides is 2. The molecule has 1 aliphatic carbocycles. The maximum atomic E-state index is 13.0. The van der Waals surface area contributed by atoms with Crippen LogP contribution in [0.2, 0.25) is 0 Å². The molecule has 25 heavy (non-hydrogen) atoms. The molecule has 136 valence electrons. The van der Waals surface area contributed by atoms with Crippen LogP contribution in [0.15, 0.2) is 18.2 Å². The molecule has 0 bridgehead atoms. The Balaban J connectivity index is 1.45. The summed E-state index contributed by atoms with van der Waals surface area (Å²) in [5.74, 6) is -4.52. The maximum absolute atomic E-state index is 13.0. The molecule has 1 unspecified atom stereocenters. The highest BCUT2D eigenvalue weighted by Crippen LogP contribution is 2.49. The standard InChI is InChI=1S/C18H23F2N3O2/c1-12-3-4-15(13(2)9-12)21-16(24)11-22-5-7-23(8-6-22)17(25)14-10-18(14,19)20/h3-4,9,14H,5-8,10-11H2,1-2H3,(H,21,24). The lowest BCUT2D eigenvalue weighted by molar-refractivity contribution is -0.136. The molecule has 1 atom stereocenters. The molecule has 1 N–H and O–H groups in total. The fraction of sp³-hybridized carbons (Fsp3) is 0.556. The first-order valence-corrected chi connectivity index (χ1v) is 8.52. The van der Waals surface area contributed by atoms with Crippen LogP contribution in [-0.4, -0.2) is 60.3 Å². The summed E-state index contributed by atoms with van der Waals surface area (Å²) in [5, 5.41) is 2.90. The number of hydrogen-bond donors (Lipinski definition) is 1. The first kappa shape index (κ1) is 17.8. The zero-order valence-electron chi connectivity index (χ0n) is 14.5. The third-order valence-electron chi connectivity index (χ3n) is 4.83. The van der Waals surface area contributed by atoms with E-state index in [0.29, 0.717) is 26.2 Å². The molecule has 7 heteroatoms. The van der Waals surface area contributed by atoms with E-state index in [-0.39, 0.29) is 18.9 Å². The van der Waals surface area contributed by atoms with Crippen molar-refractivity contribution in [2.24, 2.45) is 5.92 Å². The van der Waals surface area contributed by atoms with Crippen molar-refractivity contribution in [2.75, 3.05) is 38.0 Å². The Bertz CT molecular complexity index is 685. The Morgan fingerprint density at radius 1 is 1.20 bits per heavy atom. The summed E-state index contributed by atoms with van der Waals surface area (Å²) in [5.41, 5.74) is 2.94. The minimum atomic E-state index is -2.82. The Morgan fingerprint density at radius 2 is 1.84 bits per heavy atom. The second-order valence-electron chi connectivity index (χ2n) is 6.99. The quantitative estimate of drug-likeness (QED) is 0.903. The molecule has 1 aromatic carbocycles. The second kappa shape index (κ2) is 6.71. The van der Waals surface area contributed by atoms with Gasteiger partial charge in [0.25, 0.3) is 5.92 Å². The van der Waals surface area contributed by atoms with Gasteiger partial charge in [-0.15, -0.1) is 0 Å². The van der Waals surface area contributed by atoms with E-state index in [1.54, 1.807) is 0 Å². The maximum Gasteiger partial charge on any atom is 0.260 e. The minimum Gasteiger partial charge on any atom is -0.340 e. The number of piperazine rings is 1. The second-order valence-corrected chi connectivity index (χ2v) is 6.99. The van der Waals surface area contributed by atoms with Crippen LogP contribution in [0.25, 0.3) is 0 Å². The molecule has 0 aromatic heterocycles. The molecule has 0 spiro atoms. The van der Waals surface area contributed by atoms with Crippen molar-refractivity contribution in [3.8, 4) is 0 Å². The highest BCUT2D eigenvalue weighted by Gasteiger charge is 2.62. The Kier molecular flexibility index (Phi) is 4.77. The van der Waals surface area contributed by atoms with Gasteiger partial charge >= 0.3 is 0 Å². The van der Waals surface area contributed by atoms with Crippen molar-refractivity contribution in [3.63, 3.8) is 0 Å². The van der Waals surface area contributed by atoms with E-state index in [2.05, 4.69) is 5.32 Å². The van der Waals surface area contributed by atoms with Crippen molar-refractivity contribution in [2.45, 2.75) is 26.2 Å². The number of nitrogens with zero attached hydrogens (tertiary/aromatic N) is 2. The van der Waals surface area contributed by atoms with Gasteiger partial charge in [0.05, 0.1) is 6.54 Å². The smallest absolute Gasteiger partial charge is 0.260 e. The average Bonchev–Trinajstić information content (AvgIpc) is 3.19. The molecule has 2 amide bonds. The van der Waals surface area contributed by atoms with Gasteiger partial charge in [-0.3, -0.25) is 14.5 Å². The summed E-state index contributed by atoms with van der Waals surface area (Å²) in [6, 6.07) is 5.84. The fourth-order valence-corrected chi connectivity index (χ4v) is 3.17. The molecule has 2 aliphatic rings. The van der Waals surface area contributed by atoms with Crippen LogP contribution in [0.1, 0.15) is 17.5 Å². The number of carbonyl (C=O) groups is 2. The van der Waals surface area contributed by atoms with Crippen LogP contribution in [-0.2, 0) is 9.59 Å². The lowest BCUT2D eigenvalue weighted by atomic mass is 10.1. The number of aryl methyl sites for hydroxylation is 2. The van der Waals surface area contributed by atoms with Gasteiger partial charge in [-0.05, 0) is 25.5 Å². The molecule has 2 fully saturated rings. The van der Waals surface area contributed by atoms with Crippen molar-refractivity contribution in [1.82, 2.24) is 9.80 Å². The summed E-state index contributed by atoms with van der Waals surface area (Å²) in [6.45, 7) is 5.99. The molecule has 1 saturated heterocycles. The molecule has 1 heterocycles. The van der Waals surface area contributed by atoms with Gasteiger partial charge in [0.2, 0.25) is 11.8 Å². The number of hydrogen-bond acceptors (Lipinski definition) is 3. The van der Waals surface area contributed by atoms with E-state index < -0.39 is 17.7 Å². The summed E-state index contributed by atoms with van der Waals surface area (Å²) in [7, 11) is 0. The van der Waals surface area contributed by atoms with E-state index in [9.17, 15) is 18.4 Å². The van der Waals surface area contributed by atoms with Gasteiger partial charge in [-0.2, -0.15) is 0 Å². The summed E-state index contributed by atoms with van der Waals surface area (Å²) in [6.07, 6.45) is -0.329. The highest BCUT2D eigenvalue weighted by atomic mass is 19.3. The monoisotopic (exact) mass is 351 g/mol. The normalized spacial score (nSPS) is 22.6. The predicted molar refractivity (Wildman–Crippen MR) is 90.6 cm³/mol. The lowest BCUT2D eigenvalue weighted by Crippen LogP contribution is -2.51. The van der Waals surface area contributed by atoms with Gasteiger partial charge in [-0.25, -0.2) is 8.78 Å². The first-order valence-electron chi connectivity index (χ1n) is 8.52. The molecule has 5 nitrogen and oxygen atoms in total. The molecule has 1 saturated carbocycles. The topological polar surface area (TPSA) is 52.7 Å². The third-order valence-corrected chi connectivity index (χ3v) is 4.83. The number of rotatable bonds is 4. The first-order chi connectivity index (χ1) is 11.8. The van der Waals surface area contributed by atoms with E-state index >= 15 is 0 Å². The van der Waals surface area contributed by atoms with Crippen LogP contribution in [0.3, 0.4) is 0 Å². The fourth-order valence-electron chi connectivity index (χ4n) is 3.17. The number of alkyl halides is 2. The number of carbonyl (C=O) groups excluding carboxylic acids is 2. The van der Waals surface area contributed by atoms with Crippen molar-refractivity contribution in [3.05, 3.63) is 29.3 Å². The Labute approximate surface area is 146 Å². The average molecular weight is 351 g/mol. The summed E-state index contributed by atoms with van der Waals surface area (Å²) < 4.78 is 26.0. The van der Waals surface area contributed by atoms with E-state index in [1.807, 2.05) is 36.9 Å². The molecule has 0 radical (unpaired) electrons. The van der Waals surface area contributed by atoms with Gasteiger partial charge in [0.15, 0.2) is 0 Å². The Hall–Kier alpha value is -2.02. The predicted octanol–water partition coefficient (Wildman–Crippen LogP) is 2.04.